The standard InChI is InChI=1S/C12H18O2/c1-12(2)9-5-4-8(6-9)10(12)7-11(13)14-3/h7-9H,4-6H2,1-3H3/t8-,9+/m1/s1. The lowest BCUT2D eigenvalue weighted by molar-refractivity contribution is -0.135. The number of hydrogen-bond donors (Lipinski definition) is 0. The Morgan fingerprint density at radius 2 is 2.21 bits per heavy atom. The van der Waals surface area contributed by atoms with Crippen LogP contribution in [0.15, 0.2) is 11.6 Å². The minimum atomic E-state index is -0.194. The van der Waals surface area contributed by atoms with Gasteiger partial charge in [0, 0.05) is 6.08 Å². The minimum Gasteiger partial charge on any atom is -0.466 e. The molecule has 14 heavy (non-hydrogen) atoms. The van der Waals surface area contributed by atoms with E-state index in [9.17, 15) is 4.79 Å². The number of carbonyl (C=O) groups is 1. The fourth-order valence-electron chi connectivity index (χ4n) is 3.17. The predicted octanol–water partition coefficient (Wildman–Crippen LogP) is 2.54. The van der Waals surface area contributed by atoms with Crippen molar-refractivity contribution in [1.82, 2.24) is 0 Å². The van der Waals surface area contributed by atoms with Gasteiger partial charge in [-0.3, -0.25) is 0 Å². The lowest BCUT2D eigenvalue weighted by Crippen LogP contribution is -2.23. The van der Waals surface area contributed by atoms with Crippen LogP contribution in [0.25, 0.3) is 0 Å². The van der Waals surface area contributed by atoms with E-state index in [1.165, 1.54) is 31.9 Å². The van der Waals surface area contributed by atoms with E-state index in [1.807, 2.05) is 0 Å². The molecule has 0 aromatic heterocycles. The molecule has 0 saturated heterocycles. The molecule has 78 valence electrons. The average Bonchev–Trinajstić information content (AvgIpc) is 2.68. The van der Waals surface area contributed by atoms with Crippen molar-refractivity contribution in [3.05, 3.63) is 11.6 Å². The summed E-state index contributed by atoms with van der Waals surface area (Å²) in [5.74, 6) is 1.23. The molecule has 2 aliphatic rings. The zero-order valence-electron chi connectivity index (χ0n) is 9.17. The van der Waals surface area contributed by atoms with Gasteiger partial charge in [0.15, 0.2) is 0 Å². The highest BCUT2D eigenvalue weighted by Gasteiger charge is 2.48. The molecule has 2 heteroatoms. The third-order valence-corrected chi connectivity index (χ3v) is 4.11. The first-order chi connectivity index (χ1) is 6.55. The molecule has 2 aliphatic carbocycles. The second-order valence-corrected chi connectivity index (χ2v) is 5.05. The van der Waals surface area contributed by atoms with E-state index in [1.54, 1.807) is 6.08 Å². The van der Waals surface area contributed by atoms with Gasteiger partial charge in [-0.1, -0.05) is 19.4 Å². The van der Waals surface area contributed by atoms with E-state index in [4.69, 9.17) is 4.74 Å². The Labute approximate surface area is 85.3 Å². The van der Waals surface area contributed by atoms with Gasteiger partial charge in [0.2, 0.25) is 0 Å². The molecule has 2 fully saturated rings. The van der Waals surface area contributed by atoms with Gasteiger partial charge in [0.1, 0.15) is 0 Å². The highest BCUT2D eigenvalue weighted by Crippen LogP contribution is 2.58. The molecule has 0 aromatic rings. The molecular formula is C12H18O2. The summed E-state index contributed by atoms with van der Waals surface area (Å²) in [5, 5.41) is 0. The Balaban J connectivity index is 2.27. The summed E-state index contributed by atoms with van der Waals surface area (Å²) in [4.78, 5) is 11.2. The summed E-state index contributed by atoms with van der Waals surface area (Å²) in [6.07, 6.45) is 5.59. The summed E-state index contributed by atoms with van der Waals surface area (Å²) >= 11 is 0. The fourth-order valence-corrected chi connectivity index (χ4v) is 3.17. The Kier molecular flexibility index (Phi) is 2.17. The zero-order chi connectivity index (χ0) is 10.3. The van der Waals surface area contributed by atoms with Crippen LogP contribution in [-0.4, -0.2) is 13.1 Å². The van der Waals surface area contributed by atoms with E-state index in [0.717, 1.165) is 5.92 Å². The van der Waals surface area contributed by atoms with Crippen molar-refractivity contribution in [2.45, 2.75) is 33.1 Å². The van der Waals surface area contributed by atoms with Gasteiger partial charge in [-0.25, -0.2) is 4.79 Å². The monoisotopic (exact) mass is 194 g/mol. The van der Waals surface area contributed by atoms with Gasteiger partial charge in [-0.2, -0.15) is 0 Å². The second-order valence-electron chi connectivity index (χ2n) is 5.05. The average molecular weight is 194 g/mol. The number of fused-ring (bicyclic) bond motifs is 2. The van der Waals surface area contributed by atoms with Gasteiger partial charge in [-0.15, -0.1) is 0 Å². The first-order valence-corrected chi connectivity index (χ1v) is 5.35. The van der Waals surface area contributed by atoms with E-state index < -0.39 is 0 Å². The molecular weight excluding hydrogens is 176 g/mol. The first kappa shape index (κ1) is 9.75. The molecule has 2 nitrogen and oxygen atoms in total. The van der Waals surface area contributed by atoms with Crippen LogP contribution < -0.4 is 0 Å². The van der Waals surface area contributed by atoms with Crippen LogP contribution >= 0.6 is 0 Å². The van der Waals surface area contributed by atoms with Crippen LogP contribution in [0.2, 0.25) is 0 Å². The third kappa shape index (κ3) is 1.28. The highest BCUT2D eigenvalue weighted by atomic mass is 16.5. The van der Waals surface area contributed by atoms with Gasteiger partial charge in [-0.05, 0) is 36.5 Å². The third-order valence-electron chi connectivity index (χ3n) is 4.11. The number of esters is 1. The Morgan fingerprint density at radius 3 is 2.71 bits per heavy atom. The number of ether oxygens (including phenoxy) is 1. The number of methoxy groups -OCH3 is 1. The van der Waals surface area contributed by atoms with Gasteiger partial charge < -0.3 is 4.74 Å². The van der Waals surface area contributed by atoms with Crippen molar-refractivity contribution in [2.24, 2.45) is 17.3 Å². The molecule has 0 aliphatic heterocycles. The van der Waals surface area contributed by atoms with Gasteiger partial charge in [0.25, 0.3) is 0 Å². The number of rotatable bonds is 1. The van der Waals surface area contributed by atoms with Crippen molar-refractivity contribution in [2.75, 3.05) is 7.11 Å². The smallest absolute Gasteiger partial charge is 0.330 e. The molecule has 0 unspecified atom stereocenters. The summed E-state index contributed by atoms with van der Waals surface area (Å²) in [6.45, 7) is 4.51. The highest BCUT2D eigenvalue weighted by molar-refractivity contribution is 5.83. The van der Waals surface area contributed by atoms with Crippen LogP contribution in [-0.2, 0) is 9.53 Å². The largest absolute Gasteiger partial charge is 0.466 e. The molecule has 0 radical (unpaired) electrons. The van der Waals surface area contributed by atoms with Crippen LogP contribution in [0.5, 0.6) is 0 Å². The van der Waals surface area contributed by atoms with Crippen molar-refractivity contribution < 1.29 is 9.53 Å². The van der Waals surface area contributed by atoms with E-state index in [2.05, 4.69) is 13.8 Å². The predicted molar refractivity (Wildman–Crippen MR) is 54.7 cm³/mol. The van der Waals surface area contributed by atoms with Crippen molar-refractivity contribution in [3.63, 3.8) is 0 Å². The SMILES string of the molecule is COC(=O)C=C1[C@@H]2CC[C@@H](C2)C1(C)C. The lowest BCUT2D eigenvalue weighted by Gasteiger charge is -2.32. The van der Waals surface area contributed by atoms with Gasteiger partial charge in [0.05, 0.1) is 7.11 Å². The molecule has 0 N–H and O–H groups in total. The zero-order valence-corrected chi connectivity index (χ0v) is 9.17. The Morgan fingerprint density at radius 1 is 1.50 bits per heavy atom. The van der Waals surface area contributed by atoms with Crippen molar-refractivity contribution in [1.29, 1.82) is 0 Å². The molecule has 2 saturated carbocycles. The van der Waals surface area contributed by atoms with E-state index in [0.29, 0.717) is 5.92 Å². The molecule has 2 bridgehead atoms. The number of allylic oxidation sites excluding steroid dienone is 1. The topological polar surface area (TPSA) is 26.3 Å². The summed E-state index contributed by atoms with van der Waals surface area (Å²) in [6, 6.07) is 0. The first-order valence-electron chi connectivity index (χ1n) is 5.35. The number of hydrogen-bond acceptors (Lipinski definition) is 2. The molecule has 0 heterocycles. The summed E-state index contributed by atoms with van der Waals surface area (Å²) < 4.78 is 4.70. The molecule has 0 spiro atoms. The molecule has 2 rings (SSSR count). The minimum absolute atomic E-state index is 0.194. The number of carbonyl (C=O) groups excluding carboxylic acids is 1. The fraction of sp³-hybridized carbons (Fsp3) is 0.750. The van der Waals surface area contributed by atoms with Crippen molar-refractivity contribution >= 4 is 5.97 Å². The Bertz CT molecular complexity index is 289. The maximum absolute atomic E-state index is 11.2. The van der Waals surface area contributed by atoms with Crippen LogP contribution in [0.4, 0.5) is 0 Å². The van der Waals surface area contributed by atoms with Crippen LogP contribution in [0.3, 0.4) is 0 Å². The lowest BCUT2D eigenvalue weighted by atomic mass is 9.73. The van der Waals surface area contributed by atoms with Crippen LogP contribution in [0.1, 0.15) is 33.1 Å². The second kappa shape index (κ2) is 3.11. The molecule has 2 atom stereocenters. The van der Waals surface area contributed by atoms with Crippen LogP contribution in [0, 0.1) is 17.3 Å². The maximum Gasteiger partial charge on any atom is 0.330 e. The molecule has 0 aromatic carbocycles. The van der Waals surface area contributed by atoms with E-state index in [-0.39, 0.29) is 11.4 Å². The Hall–Kier alpha value is -0.790. The quantitative estimate of drug-likeness (QED) is 0.473. The summed E-state index contributed by atoms with van der Waals surface area (Å²) in [7, 11) is 1.44. The van der Waals surface area contributed by atoms with Gasteiger partial charge >= 0.3 is 5.97 Å². The normalized spacial score (nSPS) is 36.4. The maximum atomic E-state index is 11.2. The summed E-state index contributed by atoms with van der Waals surface area (Å²) in [5.41, 5.74) is 1.54. The van der Waals surface area contributed by atoms with E-state index >= 15 is 0 Å². The molecule has 0 amide bonds. The van der Waals surface area contributed by atoms with Crippen molar-refractivity contribution in [3.8, 4) is 0 Å².